The van der Waals surface area contributed by atoms with E-state index in [0.717, 1.165) is 74.5 Å². The van der Waals surface area contributed by atoms with E-state index in [0.29, 0.717) is 30.6 Å². The minimum absolute atomic E-state index is 0.128. The highest BCUT2D eigenvalue weighted by molar-refractivity contribution is 5.64. The molecule has 2 fully saturated rings. The molecule has 0 unspecified atom stereocenters. The summed E-state index contributed by atoms with van der Waals surface area (Å²) in [7, 11) is 0. The third-order valence-electron chi connectivity index (χ3n) is 9.25. The largest absolute Gasteiger partial charge is 0.412 e. The molecule has 0 saturated heterocycles. The smallest absolute Gasteiger partial charge is 0.212 e. The zero-order valence-electron chi connectivity index (χ0n) is 23.2. The first-order valence-electron chi connectivity index (χ1n) is 15.0. The number of alkyl halides is 3. The van der Waals surface area contributed by atoms with E-state index in [1.54, 1.807) is 6.07 Å². The van der Waals surface area contributed by atoms with Crippen LogP contribution in [0.5, 0.6) is 0 Å². The van der Waals surface area contributed by atoms with Gasteiger partial charge in [-0.15, -0.1) is 0 Å². The van der Waals surface area contributed by atoms with Gasteiger partial charge in [-0.2, -0.15) is 13.2 Å². The molecule has 4 rings (SSSR count). The van der Waals surface area contributed by atoms with Gasteiger partial charge in [0.25, 0.3) is 0 Å². The van der Waals surface area contributed by atoms with Gasteiger partial charge in [-0.3, -0.25) is 0 Å². The second kappa shape index (κ2) is 13.9. The predicted molar refractivity (Wildman–Crippen MR) is 150 cm³/mol. The Kier molecular flexibility index (Phi) is 10.7. The standard InChI is InChI=1S/C34H43F5/c1-2-3-4-5-24-6-13-28(14-7-24)31-21-20-29(32(35)22-31)15-10-25-8-11-26(12-9-25)27-16-18-30(19-17-27)33(36)23-34(37,38)39/h6-7,13-14,20-23,25-27,30H,2-5,8-12,15-19H2,1H3. The summed E-state index contributed by atoms with van der Waals surface area (Å²) < 4.78 is 66.3. The Morgan fingerprint density at radius 1 is 0.795 bits per heavy atom. The van der Waals surface area contributed by atoms with Crippen molar-refractivity contribution in [3.05, 3.63) is 71.3 Å². The van der Waals surface area contributed by atoms with E-state index in [4.69, 9.17) is 0 Å². The Hall–Kier alpha value is -2.17. The summed E-state index contributed by atoms with van der Waals surface area (Å²) in [6.07, 6.45) is 8.89. The lowest BCUT2D eigenvalue weighted by molar-refractivity contribution is -0.0821. The Labute approximate surface area is 231 Å². The maximum Gasteiger partial charge on any atom is 0.412 e. The van der Waals surface area contributed by atoms with Crippen molar-refractivity contribution in [3.63, 3.8) is 0 Å². The molecule has 2 aromatic carbocycles. The van der Waals surface area contributed by atoms with E-state index in [1.807, 2.05) is 12.1 Å². The van der Waals surface area contributed by atoms with Crippen LogP contribution in [0.3, 0.4) is 0 Å². The fraction of sp³-hybridized carbons (Fsp3) is 0.588. The summed E-state index contributed by atoms with van der Waals surface area (Å²) in [6.45, 7) is 2.21. The van der Waals surface area contributed by atoms with Gasteiger partial charge in [-0.1, -0.05) is 69.0 Å². The summed E-state index contributed by atoms with van der Waals surface area (Å²) in [5.41, 5.74) is 4.08. The van der Waals surface area contributed by atoms with Gasteiger partial charge in [0.2, 0.25) is 0 Å². The number of hydrogen-bond donors (Lipinski definition) is 0. The van der Waals surface area contributed by atoms with Crippen LogP contribution < -0.4 is 0 Å². The highest BCUT2D eigenvalue weighted by Crippen LogP contribution is 2.44. The third-order valence-corrected chi connectivity index (χ3v) is 9.25. The molecule has 0 nitrogen and oxygen atoms in total. The first kappa shape index (κ1) is 29.8. The molecule has 0 bridgehead atoms. The second-order valence-corrected chi connectivity index (χ2v) is 12.0. The number of rotatable bonds is 10. The van der Waals surface area contributed by atoms with Crippen molar-refractivity contribution >= 4 is 0 Å². The fourth-order valence-electron chi connectivity index (χ4n) is 6.82. The molecule has 0 aliphatic heterocycles. The van der Waals surface area contributed by atoms with E-state index in [2.05, 4.69) is 31.2 Å². The first-order chi connectivity index (χ1) is 18.7. The zero-order valence-corrected chi connectivity index (χ0v) is 23.2. The molecule has 0 heterocycles. The highest BCUT2D eigenvalue weighted by atomic mass is 19.4. The summed E-state index contributed by atoms with van der Waals surface area (Å²) in [4.78, 5) is 0. The van der Waals surface area contributed by atoms with Crippen molar-refractivity contribution < 1.29 is 22.0 Å². The minimum atomic E-state index is -4.58. The van der Waals surface area contributed by atoms with Crippen LogP contribution >= 0.6 is 0 Å². The van der Waals surface area contributed by atoms with Gasteiger partial charge in [-0.05, 0) is 110 Å². The summed E-state index contributed by atoms with van der Waals surface area (Å²) in [6, 6.07) is 14.1. The van der Waals surface area contributed by atoms with Crippen LogP contribution in [-0.2, 0) is 12.8 Å². The fourth-order valence-corrected chi connectivity index (χ4v) is 6.82. The first-order valence-corrected chi connectivity index (χ1v) is 15.0. The van der Waals surface area contributed by atoms with E-state index in [9.17, 15) is 22.0 Å². The summed E-state index contributed by atoms with van der Waals surface area (Å²) in [5.74, 6) is -0.0286. The molecule has 0 aromatic heterocycles. The molecule has 2 aromatic rings. The van der Waals surface area contributed by atoms with Crippen molar-refractivity contribution in [1.29, 1.82) is 0 Å². The molecule has 39 heavy (non-hydrogen) atoms. The second-order valence-electron chi connectivity index (χ2n) is 12.0. The molecule has 5 heteroatoms. The number of aryl methyl sites for hydroxylation is 2. The monoisotopic (exact) mass is 546 g/mol. The molecule has 214 valence electrons. The molecule has 2 aliphatic carbocycles. The van der Waals surface area contributed by atoms with Gasteiger partial charge in [-0.25, -0.2) is 8.78 Å². The Morgan fingerprint density at radius 2 is 1.41 bits per heavy atom. The normalized spacial score (nSPS) is 24.6. The number of benzene rings is 2. The van der Waals surface area contributed by atoms with Gasteiger partial charge in [0.05, 0.1) is 6.08 Å². The lowest BCUT2D eigenvalue weighted by atomic mass is 9.68. The average Bonchev–Trinajstić information content (AvgIpc) is 2.92. The topological polar surface area (TPSA) is 0 Å². The maximum absolute atomic E-state index is 15.0. The van der Waals surface area contributed by atoms with Crippen molar-refractivity contribution in [3.8, 4) is 11.1 Å². The van der Waals surface area contributed by atoms with Crippen molar-refractivity contribution in [2.45, 2.75) is 103 Å². The van der Waals surface area contributed by atoms with Gasteiger partial charge in [0.15, 0.2) is 0 Å². The molecule has 0 N–H and O–H groups in total. The molecule has 0 radical (unpaired) electrons. The van der Waals surface area contributed by atoms with Crippen molar-refractivity contribution in [2.24, 2.45) is 23.7 Å². The summed E-state index contributed by atoms with van der Waals surface area (Å²) in [5, 5.41) is 0. The van der Waals surface area contributed by atoms with Crippen LogP contribution in [0.4, 0.5) is 22.0 Å². The van der Waals surface area contributed by atoms with Crippen LogP contribution in [0.25, 0.3) is 11.1 Å². The Bertz CT molecular complexity index is 1050. The van der Waals surface area contributed by atoms with Gasteiger partial charge < -0.3 is 0 Å². The van der Waals surface area contributed by atoms with Crippen LogP contribution in [-0.4, -0.2) is 6.18 Å². The third kappa shape index (κ3) is 8.91. The molecule has 2 aliphatic rings. The van der Waals surface area contributed by atoms with Gasteiger partial charge in [0, 0.05) is 5.92 Å². The average molecular weight is 547 g/mol. The Balaban J connectivity index is 1.20. The molecule has 0 amide bonds. The molecule has 2 saturated carbocycles. The SMILES string of the molecule is CCCCCc1ccc(-c2ccc(CCC3CCC(C4CCC(C(F)=CC(F)(F)F)CC4)CC3)c(F)c2)cc1. The molecular weight excluding hydrogens is 503 g/mol. The minimum Gasteiger partial charge on any atom is -0.212 e. The van der Waals surface area contributed by atoms with Gasteiger partial charge >= 0.3 is 6.18 Å². The van der Waals surface area contributed by atoms with Crippen molar-refractivity contribution in [1.82, 2.24) is 0 Å². The number of halogens is 5. The highest BCUT2D eigenvalue weighted by Gasteiger charge is 2.34. The van der Waals surface area contributed by atoms with Gasteiger partial charge in [0.1, 0.15) is 11.6 Å². The molecule has 0 spiro atoms. The lowest BCUT2D eigenvalue weighted by Gasteiger charge is -2.37. The van der Waals surface area contributed by atoms with E-state index < -0.39 is 17.9 Å². The zero-order chi connectivity index (χ0) is 27.8. The van der Waals surface area contributed by atoms with Crippen LogP contribution in [0.15, 0.2) is 54.4 Å². The number of hydrogen-bond acceptors (Lipinski definition) is 0. The van der Waals surface area contributed by atoms with E-state index >= 15 is 0 Å². The molecule has 0 atom stereocenters. The van der Waals surface area contributed by atoms with Crippen LogP contribution in [0.1, 0.15) is 95.1 Å². The lowest BCUT2D eigenvalue weighted by Crippen LogP contribution is -2.26. The van der Waals surface area contributed by atoms with E-state index in [-0.39, 0.29) is 11.9 Å². The van der Waals surface area contributed by atoms with Crippen LogP contribution in [0.2, 0.25) is 0 Å². The quantitative estimate of drug-likeness (QED) is 0.205. The Morgan fingerprint density at radius 3 is 2.00 bits per heavy atom. The van der Waals surface area contributed by atoms with E-state index in [1.165, 1.54) is 24.8 Å². The van der Waals surface area contributed by atoms with Crippen LogP contribution in [0, 0.1) is 29.5 Å². The number of allylic oxidation sites excluding steroid dienone is 2. The number of unbranched alkanes of at least 4 members (excludes halogenated alkanes) is 2. The summed E-state index contributed by atoms with van der Waals surface area (Å²) >= 11 is 0. The molecular formula is C34H43F5. The maximum atomic E-state index is 15.0. The predicted octanol–water partition coefficient (Wildman–Crippen LogP) is 11.2. The van der Waals surface area contributed by atoms with Crippen molar-refractivity contribution in [2.75, 3.05) is 0 Å².